The van der Waals surface area contributed by atoms with Gasteiger partial charge in [-0.25, -0.2) is 9.69 Å². The Labute approximate surface area is 174 Å². The lowest BCUT2D eigenvalue weighted by Gasteiger charge is -2.26. The molecule has 2 atom stereocenters. The van der Waals surface area contributed by atoms with Crippen LogP contribution in [0.2, 0.25) is 5.02 Å². The Morgan fingerprint density at radius 2 is 2.00 bits per heavy atom. The highest BCUT2D eigenvalue weighted by atomic mass is 35.5. The third kappa shape index (κ3) is 2.57. The van der Waals surface area contributed by atoms with Crippen molar-refractivity contribution >= 4 is 46.5 Å². The van der Waals surface area contributed by atoms with Gasteiger partial charge in [-0.3, -0.25) is 25.1 Å². The second kappa shape index (κ2) is 6.92. The van der Waals surface area contributed by atoms with Crippen molar-refractivity contribution < 1.29 is 24.0 Å². The highest BCUT2D eigenvalue weighted by Gasteiger charge is 2.67. The summed E-state index contributed by atoms with van der Waals surface area (Å²) in [5.74, 6) is -3.82. The van der Waals surface area contributed by atoms with E-state index in [-0.39, 0.29) is 27.7 Å². The summed E-state index contributed by atoms with van der Waals surface area (Å²) in [5, 5.41) is 15.3. The minimum Gasteiger partial charge on any atom is -0.464 e. The monoisotopic (exact) mass is 428 g/mol. The quantitative estimate of drug-likeness (QED) is 0.339. The third-order valence-corrected chi connectivity index (χ3v) is 5.39. The Hall–Kier alpha value is -3.79. The van der Waals surface area contributed by atoms with Gasteiger partial charge < -0.3 is 4.74 Å². The number of hydrogen-bond donors (Lipinski definition) is 1. The van der Waals surface area contributed by atoms with Crippen LogP contribution in [0.4, 0.5) is 11.4 Å². The molecular weight excluding hydrogens is 416 g/mol. The Kier molecular flexibility index (Phi) is 4.50. The van der Waals surface area contributed by atoms with E-state index in [1.165, 1.54) is 30.3 Å². The standard InChI is InChI=1S/C19H13ClN4O6/c1-30-17(26)15-14-16(25)23(13-8-3-2-7-12(13)20)18(27)19(14,22-21-15)10-5-4-6-11(9-10)24(28)29/h2-9,14,22H,1H3/t14-,19+/m1/s1. The molecule has 2 aromatic rings. The maximum Gasteiger partial charge on any atom is 0.355 e. The van der Waals surface area contributed by atoms with Gasteiger partial charge in [0.05, 0.1) is 22.7 Å². The predicted molar refractivity (Wildman–Crippen MR) is 105 cm³/mol. The lowest BCUT2D eigenvalue weighted by atomic mass is 9.78. The number of anilines is 1. The fourth-order valence-electron chi connectivity index (χ4n) is 3.71. The first-order valence-electron chi connectivity index (χ1n) is 8.64. The van der Waals surface area contributed by atoms with Crippen LogP contribution in [-0.2, 0) is 24.7 Å². The first-order chi connectivity index (χ1) is 14.3. The average Bonchev–Trinajstić information content (AvgIpc) is 3.24. The van der Waals surface area contributed by atoms with E-state index in [4.69, 9.17) is 16.3 Å². The molecule has 0 radical (unpaired) electrons. The number of hydrazone groups is 1. The van der Waals surface area contributed by atoms with E-state index in [1.807, 2.05) is 0 Å². The first-order valence-corrected chi connectivity index (χ1v) is 9.01. The molecule has 4 rings (SSSR count). The number of fused-ring (bicyclic) bond motifs is 1. The molecule has 0 aliphatic carbocycles. The van der Waals surface area contributed by atoms with Gasteiger partial charge in [-0.1, -0.05) is 35.9 Å². The molecule has 0 unspecified atom stereocenters. The molecule has 1 N–H and O–H groups in total. The van der Waals surface area contributed by atoms with Crippen molar-refractivity contribution in [3.8, 4) is 0 Å². The predicted octanol–water partition coefficient (Wildman–Crippen LogP) is 1.77. The zero-order chi connectivity index (χ0) is 21.6. The summed E-state index contributed by atoms with van der Waals surface area (Å²) < 4.78 is 4.71. The fraction of sp³-hybridized carbons (Fsp3) is 0.158. The summed E-state index contributed by atoms with van der Waals surface area (Å²) >= 11 is 6.20. The molecule has 2 aromatic carbocycles. The minimum absolute atomic E-state index is 0.109. The van der Waals surface area contributed by atoms with Gasteiger partial charge in [0.25, 0.3) is 11.6 Å². The molecule has 1 saturated heterocycles. The number of carbonyl (C=O) groups excluding carboxylic acids is 3. The van der Waals surface area contributed by atoms with Crippen LogP contribution in [0.25, 0.3) is 0 Å². The molecule has 2 heterocycles. The number of ether oxygens (including phenoxy) is 1. The number of benzene rings is 2. The number of esters is 1. The van der Waals surface area contributed by atoms with E-state index < -0.39 is 34.2 Å². The molecule has 0 aromatic heterocycles. The Bertz CT molecular complexity index is 1150. The van der Waals surface area contributed by atoms with Crippen molar-refractivity contribution in [1.82, 2.24) is 5.43 Å². The third-order valence-electron chi connectivity index (χ3n) is 5.07. The van der Waals surface area contributed by atoms with Gasteiger partial charge in [0.1, 0.15) is 5.92 Å². The number of hydrogen-bond acceptors (Lipinski definition) is 8. The van der Waals surface area contributed by atoms with Crippen LogP contribution >= 0.6 is 11.6 Å². The largest absolute Gasteiger partial charge is 0.464 e. The molecule has 0 spiro atoms. The number of rotatable bonds is 4. The van der Waals surface area contributed by atoms with Gasteiger partial charge in [0.15, 0.2) is 11.3 Å². The highest BCUT2D eigenvalue weighted by molar-refractivity contribution is 6.48. The number of halogens is 1. The second-order valence-electron chi connectivity index (χ2n) is 6.58. The van der Waals surface area contributed by atoms with E-state index in [0.29, 0.717) is 0 Å². The van der Waals surface area contributed by atoms with Crippen LogP contribution in [0.1, 0.15) is 5.56 Å². The highest BCUT2D eigenvalue weighted by Crippen LogP contribution is 2.46. The van der Waals surface area contributed by atoms with Crippen LogP contribution in [0.5, 0.6) is 0 Å². The molecule has 10 nitrogen and oxygen atoms in total. The molecule has 0 bridgehead atoms. The maximum absolute atomic E-state index is 13.6. The fourth-order valence-corrected chi connectivity index (χ4v) is 3.93. The summed E-state index contributed by atoms with van der Waals surface area (Å²) in [6.07, 6.45) is 0. The van der Waals surface area contributed by atoms with Crippen molar-refractivity contribution in [2.24, 2.45) is 11.0 Å². The van der Waals surface area contributed by atoms with Crippen molar-refractivity contribution in [2.45, 2.75) is 5.54 Å². The lowest BCUT2D eigenvalue weighted by Crippen LogP contribution is -2.48. The zero-order valence-corrected chi connectivity index (χ0v) is 16.1. The maximum atomic E-state index is 13.6. The molecule has 2 aliphatic rings. The number of nitro benzene ring substituents is 1. The lowest BCUT2D eigenvalue weighted by molar-refractivity contribution is -0.385. The van der Waals surface area contributed by atoms with E-state index in [1.54, 1.807) is 12.1 Å². The number of methoxy groups -OCH3 is 1. The second-order valence-corrected chi connectivity index (χ2v) is 6.99. The van der Waals surface area contributed by atoms with E-state index in [0.717, 1.165) is 18.1 Å². The van der Waals surface area contributed by atoms with Crippen LogP contribution in [0, 0.1) is 16.0 Å². The molecular formula is C19H13ClN4O6. The number of para-hydroxylation sites is 1. The van der Waals surface area contributed by atoms with Crippen LogP contribution in [-0.4, -0.2) is 35.5 Å². The van der Waals surface area contributed by atoms with E-state index in [9.17, 15) is 24.5 Å². The molecule has 2 amide bonds. The smallest absolute Gasteiger partial charge is 0.355 e. The van der Waals surface area contributed by atoms with Gasteiger partial charge in [0.2, 0.25) is 5.91 Å². The number of amides is 2. The molecule has 11 heteroatoms. The van der Waals surface area contributed by atoms with Gasteiger partial charge in [0, 0.05) is 12.1 Å². The van der Waals surface area contributed by atoms with Crippen molar-refractivity contribution in [1.29, 1.82) is 0 Å². The van der Waals surface area contributed by atoms with Crippen molar-refractivity contribution in [3.63, 3.8) is 0 Å². The van der Waals surface area contributed by atoms with Gasteiger partial charge >= 0.3 is 5.97 Å². The summed E-state index contributed by atoms with van der Waals surface area (Å²) in [6, 6.07) is 11.5. The molecule has 2 aliphatic heterocycles. The Morgan fingerprint density at radius 3 is 2.67 bits per heavy atom. The van der Waals surface area contributed by atoms with Crippen molar-refractivity contribution in [3.05, 3.63) is 69.2 Å². The first kappa shape index (κ1) is 19.5. The van der Waals surface area contributed by atoms with Gasteiger partial charge in [-0.15, -0.1) is 0 Å². The van der Waals surface area contributed by atoms with Crippen LogP contribution in [0.3, 0.4) is 0 Å². The summed E-state index contributed by atoms with van der Waals surface area (Å²) in [4.78, 5) is 50.7. The van der Waals surface area contributed by atoms with Crippen LogP contribution < -0.4 is 10.3 Å². The molecule has 30 heavy (non-hydrogen) atoms. The summed E-state index contributed by atoms with van der Waals surface area (Å²) in [5.41, 5.74) is 0.371. The van der Waals surface area contributed by atoms with Gasteiger partial charge in [-0.2, -0.15) is 5.10 Å². The number of nitrogens with zero attached hydrogens (tertiary/aromatic N) is 3. The molecule has 152 valence electrons. The normalized spacial score (nSPS) is 22.4. The molecule has 0 saturated carbocycles. The number of imide groups is 1. The Morgan fingerprint density at radius 1 is 1.27 bits per heavy atom. The Balaban J connectivity index is 1.93. The van der Waals surface area contributed by atoms with Crippen molar-refractivity contribution in [2.75, 3.05) is 12.0 Å². The SMILES string of the molecule is COC(=O)C1=NN[C@]2(c3cccc([N+](=O)[O-])c3)C(=O)N(c3ccccc3Cl)C(=O)[C@@H]12. The number of carbonyl (C=O) groups is 3. The zero-order valence-electron chi connectivity index (χ0n) is 15.4. The number of nitrogens with one attached hydrogen (secondary N) is 1. The van der Waals surface area contributed by atoms with E-state index >= 15 is 0 Å². The average molecular weight is 429 g/mol. The summed E-state index contributed by atoms with van der Waals surface area (Å²) in [7, 11) is 1.12. The number of nitro groups is 1. The van der Waals surface area contributed by atoms with Gasteiger partial charge in [-0.05, 0) is 17.7 Å². The minimum atomic E-state index is -1.86. The topological polar surface area (TPSA) is 131 Å². The van der Waals surface area contributed by atoms with E-state index in [2.05, 4.69) is 10.5 Å². The summed E-state index contributed by atoms with van der Waals surface area (Å²) in [6.45, 7) is 0. The number of non-ortho nitro benzene ring substituents is 1. The molecule has 1 fully saturated rings. The van der Waals surface area contributed by atoms with Crippen LogP contribution in [0.15, 0.2) is 53.6 Å².